The largest absolute Gasteiger partial charge is 0.456 e. The summed E-state index contributed by atoms with van der Waals surface area (Å²) < 4.78 is 9.27. The molecular formula is C106H71B2N3OS2. The van der Waals surface area contributed by atoms with E-state index in [-0.39, 0.29) is 18.8 Å². The molecule has 0 fully saturated rings. The maximum absolute atomic E-state index is 6.78. The van der Waals surface area contributed by atoms with Crippen LogP contribution in [0.2, 0.25) is 0 Å². The van der Waals surface area contributed by atoms with Crippen LogP contribution >= 0.6 is 23.5 Å². The molecule has 2 aromatic heterocycles. The van der Waals surface area contributed by atoms with Gasteiger partial charge in [0.15, 0.2) is 0 Å². The first kappa shape index (κ1) is 66.5. The van der Waals surface area contributed by atoms with Gasteiger partial charge in [-0.25, -0.2) is 0 Å². The fourth-order valence-corrected chi connectivity index (χ4v) is 21.4. The molecule has 4 nitrogen and oxygen atoms in total. The summed E-state index contributed by atoms with van der Waals surface area (Å²) in [6, 6.07) is 142. The first-order valence-corrected chi connectivity index (χ1v) is 41.1. The minimum atomic E-state index is -0.214. The number of fused-ring (bicyclic) bond motifs is 14. The predicted octanol–water partition coefficient (Wildman–Crippen LogP) is 25.2. The van der Waals surface area contributed by atoms with E-state index in [0.717, 1.165) is 112 Å². The molecule has 0 amide bonds. The zero-order valence-electron chi connectivity index (χ0n) is 63.0. The van der Waals surface area contributed by atoms with Crippen molar-refractivity contribution in [3.63, 3.8) is 0 Å². The highest BCUT2D eigenvalue weighted by atomic mass is 32.2. The van der Waals surface area contributed by atoms with Crippen LogP contribution in [0.3, 0.4) is 0 Å². The van der Waals surface area contributed by atoms with Crippen LogP contribution in [0.5, 0.6) is 0 Å². The van der Waals surface area contributed by atoms with Gasteiger partial charge in [0.25, 0.3) is 0 Å². The topological polar surface area (TPSA) is 24.6 Å². The van der Waals surface area contributed by atoms with Gasteiger partial charge in [0.2, 0.25) is 13.4 Å². The van der Waals surface area contributed by atoms with E-state index in [1.54, 1.807) is 0 Å². The number of rotatable bonds is 10. The van der Waals surface area contributed by atoms with Crippen molar-refractivity contribution in [3.05, 3.63) is 382 Å². The Morgan fingerprint density at radius 3 is 1.31 bits per heavy atom. The zero-order valence-corrected chi connectivity index (χ0v) is 64.6. The monoisotopic (exact) mass is 1490 g/mol. The molecule has 4 aliphatic rings. The Hall–Kier alpha value is -13.2. The maximum Gasteiger partial charge on any atom is 0.249 e. The van der Waals surface area contributed by atoms with Crippen LogP contribution in [0.15, 0.2) is 400 Å². The molecule has 0 aliphatic carbocycles. The lowest BCUT2D eigenvalue weighted by Gasteiger charge is -2.45. The maximum atomic E-state index is 6.78. The fourth-order valence-electron chi connectivity index (χ4n) is 18.9. The zero-order chi connectivity index (χ0) is 75.4. The highest BCUT2D eigenvalue weighted by Gasteiger charge is 2.48. The molecule has 8 heteroatoms. The van der Waals surface area contributed by atoms with Crippen LogP contribution in [0.25, 0.3) is 127 Å². The molecule has 17 aromatic carbocycles. The minimum Gasteiger partial charge on any atom is -0.456 e. The van der Waals surface area contributed by atoms with E-state index in [4.69, 9.17) is 4.42 Å². The number of hydrogen-bond donors (Lipinski definition) is 0. The van der Waals surface area contributed by atoms with Crippen LogP contribution in [-0.2, 0) is 5.41 Å². The Kier molecular flexibility index (Phi) is 15.3. The molecule has 6 heterocycles. The van der Waals surface area contributed by atoms with E-state index in [9.17, 15) is 0 Å². The van der Waals surface area contributed by atoms with Gasteiger partial charge < -0.3 is 18.8 Å². The van der Waals surface area contributed by atoms with Crippen LogP contribution in [-0.4, -0.2) is 18.0 Å². The van der Waals surface area contributed by atoms with Gasteiger partial charge in [0, 0.05) is 86.4 Å². The third kappa shape index (κ3) is 10.6. The van der Waals surface area contributed by atoms with Gasteiger partial charge in [-0.1, -0.05) is 334 Å². The van der Waals surface area contributed by atoms with E-state index in [0.29, 0.717) is 0 Å². The second-order valence-electron chi connectivity index (χ2n) is 31.8. The van der Waals surface area contributed by atoms with Crippen molar-refractivity contribution in [2.24, 2.45) is 0 Å². The molecule has 0 N–H and O–H groups in total. The predicted molar refractivity (Wildman–Crippen MR) is 485 cm³/mol. The molecule has 0 unspecified atom stereocenters. The lowest BCUT2D eigenvalue weighted by Crippen LogP contribution is -2.64. The van der Waals surface area contributed by atoms with Gasteiger partial charge in [-0.2, -0.15) is 0 Å². The minimum absolute atomic E-state index is 0.0317. The molecular weight excluding hydrogens is 1420 g/mol. The summed E-state index contributed by atoms with van der Waals surface area (Å²) in [5.74, 6) is 0. The first-order chi connectivity index (χ1) is 56.2. The number of para-hydroxylation sites is 3. The summed E-state index contributed by atoms with van der Waals surface area (Å²) >= 11 is 3.84. The standard InChI is InChI=1S/C106H71B2N3OS2/c1-106(2,3)77-49-44-70(45-50-77)75-58-95-104-100(61-75)113-98-60-73(67-28-11-5-12-29-67)48-54-86(98)107(104)89-64-88-92(65-93(89)111(95)105-84(71-32-15-7-16-33-71)56-74(68-30-13-6-14-31-68)57-85(105)72-34-17-8-18-35-72)109(78-51-46-69(47-52-78)66-26-9-4-10-27-66)94-59-76(80-39-25-43-97-102(80)83-38-21-24-42-96(83)112-97)62-101-103(94)108(88)87-55-53-79(63-99(87)114-101)110-90-40-22-19-36-81(90)82-37-20-23-41-91(82)110/h4-65H,1-3H3. The lowest BCUT2D eigenvalue weighted by molar-refractivity contribution is 0.590. The normalized spacial score (nSPS) is 13.1. The summed E-state index contributed by atoms with van der Waals surface area (Å²) in [4.78, 5) is 10.4. The second kappa shape index (κ2) is 26.2. The average Bonchev–Trinajstić information content (AvgIpc) is 0.784. The molecule has 19 aromatic rings. The highest BCUT2D eigenvalue weighted by Crippen LogP contribution is 2.55. The molecule has 0 bridgehead atoms. The first-order valence-electron chi connectivity index (χ1n) is 39.5. The molecule has 0 radical (unpaired) electrons. The summed E-state index contributed by atoms with van der Waals surface area (Å²) in [6.07, 6.45) is 0. The number of nitrogens with zero attached hydrogens (tertiary/aromatic N) is 3. The van der Waals surface area contributed by atoms with E-state index >= 15 is 0 Å². The van der Waals surface area contributed by atoms with E-state index in [1.807, 2.05) is 23.5 Å². The van der Waals surface area contributed by atoms with Crippen molar-refractivity contribution in [1.82, 2.24) is 4.57 Å². The van der Waals surface area contributed by atoms with Gasteiger partial charge >= 0.3 is 0 Å². The number of anilines is 6. The molecule has 534 valence electrons. The summed E-state index contributed by atoms with van der Waals surface area (Å²) in [5.41, 5.74) is 37.1. The molecule has 0 saturated heterocycles. The Morgan fingerprint density at radius 2 is 0.702 bits per heavy atom. The third-order valence-corrected chi connectivity index (χ3v) is 26.5. The fraction of sp³-hybridized carbons (Fsp3) is 0.0377. The van der Waals surface area contributed by atoms with Crippen molar-refractivity contribution in [1.29, 1.82) is 0 Å². The average molecular weight is 1490 g/mol. The number of furan rings is 1. The van der Waals surface area contributed by atoms with Crippen LogP contribution in [0.4, 0.5) is 34.1 Å². The van der Waals surface area contributed by atoms with Crippen LogP contribution in [0, 0.1) is 0 Å². The molecule has 0 atom stereocenters. The number of benzene rings is 17. The van der Waals surface area contributed by atoms with Gasteiger partial charge in [0.05, 0.1) is 16.7 Å². The third-order valence-electron chi connectivity index (χ3n) is 24.2. The molecule has 23 rings (SSSR count). The van der Waals surface area contributed by atoms with E-state index < -0.39 is 0 Å². The highest BCUT2D eigenvalue weighted by molar-refractivity contribution is 8.00. The van der Waals surface area contributed by atoms with Crippen molar-refractivity contribution in [2.75, 3.05) is 9.80 Å². The second-order valence-corrected chi connectivity index (χ2v) is 33.9. The van der Waals surface area contributed by atoms with Crippen molar-refractivity contribution in [3.8, 4) is 83.6 Å². The SMILES string of the molecule is CC(C)(C)c1ccc(-c2cc3c4c(c2)N(c2c(-c5ccccc5)cc(-c5ccccc5)cc2-c2ccccc2)c2cc5c(cc2B4c2ccc(-c4ccccc4)cc2S3)B2c3ccc(-n4c6ccccc6c6ccccc64)cc3Sc3cc(-c4cccc6oc7ccccc7c46)cc(c32)N5c2ccc(-c3ccccc3)cc2)cc1. The molecule has 0 saturated carbocycles. The van der Waals surface area contributed by atoms with Gasteiger partial charge in [-0.15, -0.1) is 0 Å². The van der Waals surface area contributed by atoms with Crippen LogP contribution < -0.4 is 42.6 Å². The number of aromatic nitrogens is 1. The van der Waals surface area contributed by atoms with Gasteiger partial charge in [0.1, 0.15) is 11.2 Å². The Balaban J connectivity index is 0.863. The summed E-state index contributed by atoms with van der Waals surface area (Å²) in [5, 5.41) is 4.69. The summed E-state index contributed by atoms with van der Waals surface area (Å²) in [6.45, 7) is 6.52. The van der Waals surface area contributed by atoms with Crippen molar-refractivity contribution >= 4 is 148 Å². The number of hydrogen-bond acceptors (Lipinski definition) is 5. The summed E-state index contributed by atoms with van der Waals surface area (Å²) in [7, 11) is 0. The van der Waals surface area contributed by atoms with Crippen molar-refractivity contribution < 1.29 is 4.42 Å². The van der Waals surface area contributed by atoms with Gasteiger partial charge in [-0.3, -0.25) is 0 Å². The smallest absolute Gasteiger partial charge is 0.249 e. The Morgan fingerprint density at radius 1 is 0.272 bits per heavy atom. The Bertz CT molecular complexity index is 7020. The van der Waals surface area contributed by atoms with Crippen molar-refractivity contribution in [2.45, 2.75) is 45.8 Å². The van der Waals surface area contributed by atoms with Crippen LogP contribution in [0.1, 0.15) is 26.3 Å². The quantitative estimate of drug-likeness (QED) is 0.127. The molecule has 114 heavy (non-hydrogen) atoms. The van der Waals surface area contributed by atoms with Gasteiger partial charge in [-0.05, 0) is 197 Å². The molecule has 0 spiro atoms. The van der Waals surface area contributed by atoms with E-state index in [1.165, 1.54) is 108 Å². The Labute approximate surface area is 672 Å². The molecule has 4 aliphatic heterocycles. The van der Waals surface area contributed by atoms with E-state index in [2.05, 4.69) is 411 Å². The lowest BCUT2D eigenvalue weighted by atomic mass is 9.31.